The monoisotopic (exact) mass is 332 g/mol. The van der Waals surface area contributed by atoms with Gasteiger partial charge in [-0.1, -0.05) is 12.1 Å². The number of halogens is 1. The van der Waals surface area contributed by atoms with Gasteiger partial charge in [0, 0.05) is 6.07 Å². The molecule has 6 heteroatoms. The van der Waals surface area contributed by atoms with E-state index in [1.165, 1.54) is 6.07 Å². The van der Waals surface area contributed by atoms with Crippen LogP contribution in [0.4, 0.5) is 15.8 Å². The molecule has 0 heterocycles. The Morgan fingerprint density at radius 1 is 1.04 bits per heavy atom. The minimum atomic E-state index is -0.404. The molecule has 24 heavy (non-hydrogen) atoms. The van der Waals surface area contributed by atoms with Crippen molar-refractivity contribution in [3.05, 3.63) is 48.3 Å². The Hall–Kier alpha value is -2.76. The topological polar surface area (TPSA) is 59.6 Å². The number of carbonyl (C=O) groups excluding carboxylic acids is 1. The molecule has 0 saturated carbocycles. The van der Waals surface area contributed by atoms with Crippen LogP contribution in [0.3, 0.4) is 0 Å². The van der Waals surface area contributed by atoms with Gasteiger partial charge in [0.05, 0.1) is 31.1 Å². The molecule has 0 aliphatic carbocycles. The summed E-state index contributed by atoms with van der Waals surface area (Å²) in [5.41, 5.74) is 0.795. The fraction of sp³-hybridized carbons (Fsp3) is 0.278. The van der Waals surface area contributed by atoms with E-state index in [4.69, 9.17) is 9.47 Å². The SMILES string of the molecule is CCOc1ccc(OCC)c(NC(=O)CNc2ccccc2F)c1. The Labute approximate surface area is 140 Å². The fourth-order valence-corrected chi connectivity index (χ4v) is 2.12. The number of rotatable bonds is 8. The summed E-state index contributed by atoms with van der Waals surface area (Å²) >= 11 is 0. The van der Waals surface area contributed by atoms with Gasteiger partial charge in [-0.3, -0.25) is 4.79 Å². The van der Waals surface area contributed by atoms with Gasteiger partial charge >= 0.3 is 0 Å². The molecule has 5 nitrogen and oxygen atoms in total. The third-order valence-electron chi connectivity index (χ3n) is 3.15. The Balaban J connectivity index is 2.04. The van der Waals surface area contributed by atoms with Crippen LogP contribution in [0.1, 0.15) is 13.8 Å². The van der Waals surface area contributed by atoms with Crippen molar-refractivity contribution < 1.29 is 18.7 Å². The predicted molar refractivity (Wildman–Crippen MR) is 92.3 cm³/mol. The molecule has 0 bridgehead atoms. The molecule has 0 aliphatic heterocycles. The van der Waals surface area contributed by atoms with Crippen molar-refractivity contribution in [2.24, 2.45) is 0 Å². The summed E-state index contributed by atoms with van der Waals surface area (Å²) in [6.07, 6.45) is 0. The highest BCUT2D eigenvalue weighted by Crippen LogP contribution is 2.29. The highest BCUT2D eigenvalue weighted by Gasteiger charge is 2.10. The second-order valence-corrected chi connectivity index (χ2v) is 4.91. The fourth-order valence-electron chi connectivity index (χ4n) is 2.12. The molecule has 2 N–H and O–H groups in total. The number of benzene rings is 2. The van der Waals surface area contributed by atoms with Crippen molar-refractivity contribution >= 4 is 17.3 Å². The normalized spacial score (nSPS) is 10.1. The van der Waals surface area contributed by atoms with E-state index >= 15 is 0 Å². The Bertz CT molecular complexity index is 692. The zero-order chi connectivity index (χ0) is 17.4. The van der Waals surface area contributed by atoms with E-state index in [1.807, 2.05) is 13.8 Å². The van der Waals surface area contributed by atoms with Gasteiger partial charge in [-0.25, -0.2) is 4.39 Å². The maximum Gasteiger partial charge on any atom is 0.243 e. The molecule has 0 radical (unpaired) electrons. The Kier molecular flexibility index (Phi) is 6.42. The zero-order valence-corrected chi connectivity index (χ0v) is 13.8. The largest absolute Gasteiger partial charge is 0.494 e. The van der Waals surface area contributed by atoms with Gasteiger partial charge in [0.15, 0.2) is 0 Å². The van der Waals surface area contributed by atoms with E-state index in [0.29, 0.717) is 30.4 Å². The molecule has 0 fully saturated rings. The molecule has 0 atom stereocenters. The molecule has 0 saturated heterocycles. The minimum absolute atomic E-state index is 0.0641. The lowest BCUT2D eigenvalue weighted by Crippen LogP contribution is -2.22. The molecule has 0 aromatic heterocycles. The quantitative estimate of drug-likeness (QED) is 0.774. The molecule has 1 amide bonds. The first-order chi connectivity index (χ1) is 11.6. The average Bonchev–Trinajstić information content (AvgIpc) is 2.57. The van der Waals surface area contributed by atoms with Gasteiger partial charge in [0.1, 0.15) is 17.3 Å². The maximum atomic E-state index is 13.5. The summed E-state index contributed by atoms with van der Waals surface area (Å²) in [6, 6.07) is 11.4. The first-order valence-corrected chi connectivity index (χ1v) is 7.82. The lowest BCUT2D eigenvalue weighted by molar-refractivity contribution is -0.114. The average molecular weight is 332 g/mol. The van der Waals surface area contributed by atoms with Crippen LogP contribution in [-0.4, -0.2) is 25.7 Å². The molecular formula is C18H21FN2O3. The molecule has 0 spiro atoms. The molecule has 0 unspecified atom stereocenters. The lowest BCUT2D eigenvalue weighted by atomic mass is 10.2. The van der Waals surface area contributed by atoms with Crippen molar-refractivity contribution in [2.45, 2.75) is 13.8 Å². The number of amides is 1. The molecule has 2 aromatic rings. The molecule has 2 rings (SSSR count). The van der Waals surface area contributed by atoms with Gasteiger partial charge in [0.2, 0.25) is 5.91 Å². The number of hydrogen-bond acceptors (Lipinski definition) is 4. The smallest absolute Gasteiger partial charge is 0.243 e. The summed E-state index contributed by atoms with van der Waals surface area (Å²) < 4.78 is 24.5. The second-order valence-electron chi connectivity index (χ2n) is 4.91. The number of ether oxygens (including phenoxy) is 2. The van der Waals surface area contributed by atoms with Crippen LogP contribution in [0.2, 0.25) is 0 Å². The molecule has 2 aromatic carbocycles. The van der Waals surface area contributed by atoms with Gasteiger partial charge in [-0.05, 0) is 38.1 Å². The number of anilines is 2. The standard InChI is InChI=1S/C18H21FN2O3/c1-3-23-13-9-10-17(24-4-2)16(11-13)21-18(22)12-20-15-8-6-5-7-14(15)19/h5-11,20H,3-4,12H2,1-2H3,(H,21,22). The van der Waals surface area contributed by atoms with Gasteiger partial charge in [0.25, 0.3) is 0 Å². The molecule has 128 valence electrons. The van der Waals surface area contributed by atoms with Crippen LogP contribution in [0.5, 0.6) is 11.5 Å². The van der Waals surface area contributed by atoms with E-state index in [-0.39, 0.29) is 18.1 Å². The van der Waals surface area contributed by atoms with Crippen LogP contribution >= 0.6 is 0 Å². The second kappa shape index (κ2) is 8.76. The first kappa shape index (κ1) is 17.6. The highest BCUT2D eigenvalue weighted by molar-refractivity contribution is 5.95. The third kappa shape index (κ3) is 4.87. The summed E-state index contributed by atoms with van der Waals surface area (Å²) in [7, 11) is 0. The van der Waals surface area contributed by atoms with Crippen molar-refractivity contribution in [3.63, 3.8) is 0 Å². The number of para-hydroxylation sites is 1. The number of carbonyl (C=O) groups is 1. The highest BCUT2D eigenvalue weighted by atomic mass is 19.1. The van der Waals surface area contributed by atoms with Crippen LogP contribution in [0, 0.1) is 5.82 Å². The van der Waals surface area contributed by atoms with E-state index < -0.39 is 5.82 Å². The van der Waals surface area contributed by atoms with Crippen molar-refractivity contribution in [2.75, 3.05) is 30.4 Å². The third-order valence-corrected chi connectivity index (χ3v) is 3.15. The minimum Gasteiger partial charge on any atom is -0.494 e. The molecular weight excluding hydrogens is 311 g/mol. The van der Waals surface area contributed by atoms with Crippen molar-refractivity contribution in [1.29, 1.82) is 0 Å². The van der Waals surface area contributed by atoms with Gasteiger partial charge < -0.3 is 20.1 Å². The molecule has 0 aliphatic rings. The Morgan fingerprint density at radius 3 is 2.50 bits per heavy atom. The summed E-state index contributed by atoms with van der Waals surface area (Å²) in [5, 5.41) is 5.52. The van der Waals surface area contributed by atoms with Crippen LogP contribution in [-0.2, 0) is 4.79 Å². The Morgan fingerprint density at radius 2 is 1.79 bits per heavy atom. The predicted octanol–water partition coefficient (Wildman–Crippen LogP) is 3.67. The zero-order valence-electron chi connectivity index (χ0n) is 13.8. The maximum absolute atomic E-state index is 13.5. The van der Waals surface area contributed by atoms with Crippen LogP contribution < -0.4 is 20.1 Å². The summed E-state index contributed by atoms with van der Waals surface area (Å²) in [4.78, 5) is 12.1. The van der Waals surface area contributed by atoms with E-state index in [1.54, 1.807) is 36.4 Å². The van der Waals surface area contributed by atoms with E-state index in [0.717, 1.165) is 0 Å². The number of hydrogen-bond donors (Lipinski definition) is 2. The first-order valence-electron chi connectivity index (χ1n) is 7.82. The van der Waals surface area contributed by atoms with Crippen LogP contribution in [0.25, 0.3) is 0 Å². The van der Waals surface area contributed by atoms with Gasteiger partial charge in [-0.2, -0.15) is 0 Å². The lowest BCUT2D eigenvalue weighted by Gasteiger charge is -2.14. The van der Waals surface area contributed by atoms with Gasteiger partial charge in [-0.15, -0.1) is 0 Å². The summed E-state index contributed by atoms with van der Waals surface area (Å²) in [5.74, 6) is 0.477. The van der Waals surface area contributed by atoms with Crippen molar-refractivity contribution in [3.8, 4) is 11.5 Å². The van der Waals surface area contributed by atoms with E-state index in [9.17, 15) is 9.18 Å². The van der Waals surface area contributed by atoms with E-state index in [2.05, 4.69) is 10.6 Å². The van der Waals surface area contributed by atoms with Crippen LogP contribution in [0.15, 0.2) is 42.5 Å². The number of nitrogens with one attached hydrogen (secondary N) is 2. The summed E-state index contributed by atoms with van der Waals surface area (Å²) in [6.45, 7) is 4.68. The van der Waals surface area contributed by atoms with Crippen molar-refractivity contribution in [1.82, 2.24) is 0 Å².